The van der Waals surface area contributed by atoms with Crippen molar-refractivity contribution in [1.82, 2.24) is 4.98 Å². The summed E-state index contributed by atoms with van der Waals surface area (Å²) in [6, 6.07) is 3.25. The Morgan fingerprint density at radius 3 is 2.58 bits per heavy atom. The smallest absolute Gasteiger partial charge is 0.335 e. The molecule has 0 amide bonds. The van der Waals surface area contributed by atoms with E-state index in [0.29, 0.717) is 11.4 Å². The van der Waals surface area contributed by atoms with Gasteiger partial charge in [-0.25, -0.2) is 9.78 Å². The summed E-state index contributed by atoms with van der Waals surface area (Å²) in [5.74, 6) is -0.244. The number of aromatic carboxylic acids is 1. The molecule has 0 unspecified atom stereocenters. The van der Waals surface area contributed by atoms with E-state index in [0.717, 1.165) is 31.5 Å². The van der Waals surface area contributed by atoms with Gasteiger partial charge in [0.2, 0.25) is 0 Å². The largest absolute Gasteiger partial charge is 0.478 e. The summed E-state index contributed by atoms with van der Waals surface area (Å²) < 4.78 is 0. The molecule has 1 rings (SSSR count). The molecule has 0 radical (unpaired) electrons. The number of nitrogens with zero attached hydrogens (tertiary/aromatic N) is 1. The molecule has 0 saturated heterocycles. The predicted molar refractivity (Wildman–Crippen MR) is 77.8 cm³/mol. The number of carboxylic acids is 1. The van der Waals surface area contributed by atoms with E-state index < -0.39 is 5.97 Å². The molecule has 0 bridgehead atoms. The lowest BCUT2D eigenvalue weighted by atomic mass is 9.92. The van der Waals surface area contributed by atoms with Crippen LogP contribution in [0.3, 0.4) is 0 Å². The van der Waals surface area contributed by atoms with Crippen molar-refractivity contribution in [1.29, 1.82) is 0 Å². The number of hydrogen-bond donors (Lipinski definition) is 2. The van der Waals surface area contributed by atoms with Crippen LogP contribution in [0.25, 0.3) is 0 Å². The van der Waals surface area contributed by atoms with Gasteiger partial charge in [-0.15, -0.1) is 0 Å². The van der Waals surface area contributed by atoms with Crippen molar-refractivity contribution in [2.45, 2.75) is 47.0 Å². The first kappa shape index (κ1) is 15.5. The van der Waals surface area contributed by atoms with Crippen LogP contribution in [0.1, 0.15) is 56.6 Å². The molecule has 0 aliphatic rings. The summed E-state index contributed by atoms with van der Waals surface area (Å²) in [4.78, 5) is 15.5. The lowest BCUT2D eigenvalue weighted by Gasteiger charge is -2.18. The van der Waals surface area contributed by atoms with Crippen molar-refractivity contribution in [2.24, 2.45) is 5.41 Å². The monoisotopic (exact) mass is 264 g/mol. The molecule has 0 saturated carbocycles. The maximum Gasteiger partial charge on any atom is 0.335 e. The molecule has 0 aromatic carbocycles. The lowest BCUT2D eigenvalue weighted by molar-refractivity contribution is 0.0696. The highest BCUT2D eigenvalue weighted by atomic mass is 16.4. The second-order valence-corrected chi connectivity index (χ2v) is 6.02. The highest BCUT2D eigenvalue weighted by molar-refractivity contribution is 5.88. The minimum absolute atomic E-state index is 0.254. The van der Waals surface area contributed by atoms with Crippen LogP contribution < -0.4 is 5.32 Å². The first-order chi connectivity index (χ1) is 8.81. The van der Waals surface area contributed by atoms with Gasteiger partial charge in [0, 0.05) is 12.2 Å². The van der Waals surface area contributed by atoms with Crippen molar-refractivity contribution in [3.8, 4) is 0 Å². The van der Waals surface area contributed by atoms with Crippen molar-refractivity contribution >= 4 is 11.8 Å². The van der Waals surface area contributed by atoms with Crippen LogP contribution in [0, 0.1) is 5.41 Å². The van der Waals surface area contributed by atoms with E-state index in [-0.39, 0.29) is 5.41 Å². The SMILES string of the molecule is CCCc1cc(C(=O)O)cc(NCCC(C)(C)C)n1. The molecular formula is C15H24N2O2. The zero-order chi connectivity index (χ0) is 14.5. The number of carbonyl (C=O) groups is 1. The quantitative estimate of drug-likeness (QED) is 0.824. The zero-order valence-electron chi connectivity index (χ0n) is 12.3. The first-order valence-corrected chi connectivity index (χ1v) is 6.80. The van der Waals surface area contributed by atoms with Crippen LogP contribution in [0.5, 0.6) is 0 Å². The van der Waals surface area contributed by atoms with E-state index in [2.05, 4.69) is 38.0 Å². The van der Waals surface area contributed by atoms with Crippen LogP contribution in [0.15, 0.2) is 12.1 Å². The molecule has 0 spiro atoms. The molecule has 1 heterocycles. The first-order valence-electron chi connectivity index (χ1n) is 6.80. The molecule has 4 heteroatoms. The summed E-state index contributed by atoms with van der Waals surface area (Å²) in [6.07, 6.45) is 2.77. The summed E-state index contributed by atoms with van der Waals surface area (Å²) in [6.45, 7) is 9.39. The van der Waals surface area contributed by atoms with E-state index in [1.165, 1.54) is 0 Å². The molecule has 0 atom stereocenters. The van der Waals surface area contributed by atoms with Gasteiger partial charge in [0.15, 0.2) is 0 Å². The van der Waals surface area contributed by atoms with Gasteiger partial charge >= 0.3 is 5.97 Å². The number of pyridine rings is 1. The van der Waals surface area contributed by atoms with E-state index >= 15 is 0 Å². The van der Waals surface area contributed by atoms with E-state index in [4.69, 9.17) is 5.11 Å². The van der Waals surface area contributed by atoms with E-state index in [9.17, 15) is 4.79 Å². The minimum Gasteiger partial charge on any atom is -0.478 e. The highest BCUT2D eigenvalue weighted by Crippen LogP contribution is 2.19. The average Bonchev–Trinajstić information content (AvgIpc) is 2.27. The summed E-state index contributed by atoms with van der Waals surface area (Å²) in [5, 5.41) is 12.3. The van der Waals surface area contributed by atoms with Crippen molar-refractivity contribution in [3.05, 3.63) is 23.4 Å². The van der Waals surface area contributed by atoms with Crippen molar-refractivity contribution < 1.29 is 9.90 Å². The van der Waals surface area contributed by atoms with Gasteiger partial charge in [-0.1, -0.05) is 34.1 Å². The van der Waals surface area contributed by atoms with Gasteiger partial charge < -0.3 is 10.4 Å². The van der Waals surface area contributed by atoms with Crippen molar-refractivity contribution in [2.75, 3.05) is 11.9 Å². The van der Waals surface area contributed by atoms with Gasteiger partial charge in [0.1, 0.15) is 5.82 Å². The molecule has 0 fully saturated rings. The third-order valence-electron chi connectivity index (χ3n) is 2.81. The zero-order valence-corrected chi connectivity index (χ0v) is 12.3. The standard InChI is InChI=1S/C15H24N2O2/c1-5-6-12-9-11(14(18)19)10-13(17-12)16-8-7-15(2,3)4/h9-10H,5-8H2,1-4H3,(H,16,17)(H,18,19). The minimum atomic E-state index is -0.904. The van der Waals surface area contributed by atoms with Crippen molar-refractivity contribution in [3.63, 3.8) is 0 Å². The third-order valence-corrected chi connectivity index (χ3v) is 2.81. The Balaban J connectivity index is 2.78. The Morgan fingerprint density at radius 2 is 2.05 bits per heavy atom. The van der Waals surface area contributed by atoms with E-state index in [1.54, 1.807) is 12.1 Å². The Bertz CT molecular complexity index is 436. The van der Waals surface area contributed by atoms with Gasteiger partial charge in [0.05, 0.1) is 5.56 Å². The second kappa shape index (κ2) is 6.55. The maximum absolute atomic E-state index is 11.1. The van der Waals surface area contributed by atoms with Crippen LogP contribution >= 0.6 is 0 Å². The van der Waals surface area contributed by atoms with Gasteiger partial charge in [-0.2, -0.15) is 0 Å². The van der Waals surface area contributed by atoms with Crippen LogP contribution in [-0.2, 0) is 6.42 Å². The molecule has 0 aliphatic carbocycles. The Kier molecular flexibility index (Phi) is 5.33. The molecule has 4 nitrogen and oxygen atoms in total. The number of aryl methyl sites for hydroxylation is 1. The molecule has 19 heavy (non-hydrogen) atoms. The van der Waals surface area contributed by atoms with Gasteiger partial charge in [0.25, 0.3) is 0 Å². The van der Waals surface area contributed by atoms with Crippen LogP contribution in [-0.4, -0.2) is 22.6 Å². The van der Waals surface area contributed by atoms with Gasteiger partial charge in [-0.3, -0.25) is 0 Å². The second-order valence-electron chi connectivity index (χ2n) is 6.02. The average molecular weight is 264 g/mol. The predicted octanol–water partition coefficient (Wildman–Crippen LogP) is 3.58. The number of aromatic nitrogens is 1. The number of hydrogen-bond acceptors (Lipinski definition) is 3. The molecule has 2 N–H and O–H groups in total. The van der Waals surface area contributed by atoms with E-state index in [1.807, 2.05) is 0 Å². The highest BCUT2D eigenvalue weighted by Gasteiger charge is 2.11. The molecule has 106 valence electrons. The number of carboxylic acid groups (broad SMARTS) is 1. The van der Waals surface area contributed by atoms with Crippen LogP contribution in [0.2, 0.25) is 0 Å². The Labute approximate surface area is 115 Å². The third kappa shape index (κ3) is 5.73. The molecule has 0 aliphatic heterocycles. The van der Waals surface area contributed by atoms with Gasteiger partial charge in [-0.05, 0) is 30.4 Å². The summed E-state index contributed by atoms with van der Waals surface area (Å²) >= 11 is 0. The molecule has 1 aromatic heterocycles. The Hall–Kier alpha value is -1.58. The fraction of sp³-hybridized carbons (Fsp3) is 0.600. The Morgan fingerprint density at radius 1 is 1.37 bits per heavy atom. The molecule has 1 aromatic rings. The topological polar surface area (TPSA) is 62.2 Å². The lowest BCUT2D eigenvalue weighted by Crippen LogP contribution is -2.14. The van der Waals surface area contributed by atoms with Crippen LogP contribution in [0.4, 0.5) is 5.82 Å². The fourth-order valence-corrected chi connectivity index (χ4v) is 1.75. The number of rotatable bonds is 6. The fourth-order valence-electron chi connectivity index (χ4n) is 1.75. The number of anilines is 1. The maximum atomic E-state index is 11.1. The normalized spacial score (nSPS) is 11.4. The number of nitrogens with one attached hydrogen (secondary N) is 1. The molecular weight excluding hydrogens is 240 g/mol. The summed E-state index contributed by atoms with van der Waals surface area (Å²) in [5.41, 5.74) is 1.39. The summed E-state index contributed by atoms with van der Waals surface area (Å²) in [7, 11) is 0.